The molecule has 0 unspecified atom stereocenters. The summed E-state index contributed by atoms with van der Waals surface area (Å²) >= 11 is 0. The van der Waals surface area contributed by atoms with E-state index in [1.165, 1.54) is 44.6 Å². The molecule has 4 saturated carbocycles. The quantitative estimate of drug-likeness (QED) is 0.845. The largest absolute Gasteiger partial charge is 0.508 e. The van der Waals surface area contributed by atoms with E-state index >= 15 is 0 Å². The molecule has 0 saturated heterocycles. The second kappa shape index (κ2) is 3.91. The molecule has 0 amide bonds. The minimum absolute atomic E-state index is 0.194. The first kappa shape index (κ1) is 11.6. The van der Waals surface area contributed by atoms with Crippen molar-refractivity contribution in [3.8, 4) is 11.5 Å². The summed E-state index contributed by atoms with van der Waals surface area (Å²) in [5.74, 6) is 3.26. The summed E-state index contributed by atoms with van der Waals surface area (Å²) in [4.78, 5) is 0. The van der Waals surface area contributed by atoms with Crippen molar-refractivity contribution >= 4 is 0 Å². The van der Waals surface area contributed by atoms with Crippen LogP contribution in [0.15, 0.2) is 18.2 Å². The number of phenols is 2. The zero-order valence-corrected chi connectivity index (χ0v) is 11.3. The maximum absolute atomic E-state index is 9.65. The summed E-state index contributed by atoms with van der Waals surface area (Å²) in [7, 11) is 0. The topological polar surface area (TPSA) is 40.5 Å². The summed E-state index contributed by atoms with van der Waals surface area (Å²) in [6, 6.07) is 5.08. The number of hydrogen-bond donors (Lipinski definition) is 2. The zero-order chi connectivity index (χ0) is 13.0. The predicted octanol–water partition coefficient (Wildman–Crippen LogP) is 3.86. The average molecular weight is 258 g/mol. The molecule has 5 rings (SSSR count). The summed E-state index contributed by atoms with van der Waals surface area (Å²) < 4.78 is 0. The fourth-order valence-corrected chi connectivity index (χ4v) is 5.70. The van der Waals surface area contributed by atoms with Gasteiger partial charge in [-0.05, 0) is 85.8 Å². The highest BCUT2D eigenvalue weighted by atomic mass is 16.3. The van der Waals surface area contributed by atoms with E-state index in [9.17, 15) is 10.2 Å². The second-order valence-corrected chi connectivity index (χ2v) is 7.45. The maximum Gasteiger partial charge on any atom is 0.119 e. The molecule has 2 nitrogen and oxygen atoms in total. The van der Waals surface area contributed by atoms with Gasteiger partial charge in [0.15, 0.2) is 0 Å². The Morgan fingerprint density at radius 1 is 0.842 bits per heavy atom. The van der Waals surface area contributed by atoms with Gasteiger partial charge in [-0.3, -0.25) is 0 Å². The van der Waals surface area contributed by atoms with Gasteiger partial charge in [0.25, 0.3) is 0 Å². The first-order chi connectivity index (χ1) is 9.10. The van der Waals surface area contributed by atoms with Crippen LogP contribution in [0.5, 0.6) is 11.5 Å². The molecule has 1 aromatic rings. The van der Waals surface area contributed by atoms with Gasteiger partial charge in [0.2, 0.25) is 0 Å². The van der Waals surface area contributed by atoms with Crippen LogP contribution in [-0.2, 0) is 6.42 Å². The lowest BCUT2D eigenvalue weighted by molar-refractivity contribution is -0.0522. The lowest BCUT2D eigenvalue weighted by atomic mass is 9.48. The van der Waals surface area contributed by atoms with E-state index in [1.54, 1.807) is 0 Å². The molecule has 2 N–H and O–H groups in total. The van der Waals surface area contributed by atoms with Gasteiger partial charge in [0.05, 0.1) is 0 Å². The molecular formula is C17H22O2. The van der Waals surface area contributed by atoms with Crippen LogP contribution < -0.4 is 0 Å². The Labute approximate surface area is 114 Å². The molecule has 0 aliphatic heterocycles. The lowest BCUT2D eigenvalue weighted by Gasteiger charge is -2.57. The molecule has 4 fully saturated rings. The molecule has 0 aromatic heterocycles. The molecule has 0 radical (unpaired) electrons. The fourth-order valence-electron chi connectivity index (χ4n) is 5.70. The molecule has 0 spiro atoms. The van der Waals surface area contributed by atoms with Crippen molar-refractivity contribution in [1.29, 1.82) is 0 Å². The third-order valence-electron chi connectivity index (χ3n) is 5.71. The maximum atomic E-state index is 9.65. The van der Waals surface area contributed by atoms with E-state index in [0.717, 1.165) is 29.7 Å². The van der Waals surface area contributed by atoms with Crippen molar-refractivity contribution < 1.29 is 10.2 Å². The summed E-state index contributed by atoms with van der Waals surface area (Å²) in [6.07, 6.45) is 9.54. The molecule has 19 heavy (non-hydrogen) atoms. The number of rotatable bonds is 2. The molecular weight excluding hydrogens is 236 g/mol. The number of benzene rings is 1. The van der Waals surface area contributed by atoms with Gasteiger partial charge < -0.3 is 10.2 Å². The molecule has 2 heteroatoms. The Morgan fingerprint density at radius 2 is 1.32 bits per heavy atom. The Bertz CT molecular complexity index is 450. The molecule has 4 bridgehead atoms. The van der Waals surface area contributed by atoms with E-state index in [0.29, 0.717) is 5.41 Å². The SMILES string of the molecule is Oc1cc(O)cc(CC23CC4CC(CC(C4)C2)C3)c1. The van der Waals surface area contributed by atoms with E-state index in [2.05, 4.69) is 0 Å². The summed E-state index contributed by atoms with van der Waals surface area (Å²) in [5.41, 5.74) is 1.58. The van der Waals surface area contributed by atoms with Crippen molar-refractivity contribution in [2.24, 2.45) is 23.2 Å². The number of aromatic hydroxyl groups is 2. The monoisotopic (exact) mass is 258 g/mol. The Kier molecular flexibility index (Phi) is 2.39. The lowest BCUT2D eigenvalue weighted by Crippen LogP contribution is -2.47. The molecule has 102 valence electrons. The molecule has 4 aliphatic rings. The molecule has 4 aliphatic carbocycles. The van der Waals surface area contributed by atoms with E-state index < -0.39 is 0 Å². The first-order valence-corrected chi connectivity index (χ1v) is 7.62. The molecule has 1 aromatic carbocycles. The van der Waals surface area contributed by atoms with Crippen molar-refractivity contribution in [1.82, 2.24) is 0 Å². The van der Waals surface area contributed by atoms with Crippen molar-refractivity contribution in [3.05, 3.63) is 23.8 Å². The third-order valence-corrected chi connectivity index (χ3v) is 5.71. The van der Waals surface area contributed by atoms with Gasteiger partial charge >= 0.3 is 0 Å². The highest BCUT2D eigenvalue weighted by molar-refractivity contribution is 5.37. The average Bonchev–Trinajstić information content (AvgIpc) is 2.23. The summed E-state index contributed by atoms with van der Waals surface area (Å²) in [5, 5.41) is 19.3. The molecule has 0 atom stereocenters. The van der Waals surface area contributed by atoms with Crippen LogP contribution >= 0.6 is 0 Å². The summed E-state index contributed by atoms with van der Waals surface area (Å²) in [6.45, 7) is 0. The Balaban J connectivity index is 1.62. The second-order valence-electron chi connectivity index (χ2n) is 7.45. The van der Waals surface area contributed by atoms with E-state index in [1.807, 2.05) is 12.1 Å². The van der Waals surface area contributed by atoms with Gasteiger partial charge in [0.1, 0.15) is 11.5 Å². The van der Waals surface area contributed by atoms with Crippen LogP contribution in [0.1, 0.15) is 44.1 Å². The van der Waals surface area contributed by atoms with Gasteiger partial charge in [0, 0.05) is 6.07 Å². The fraction of sp³-hybridized carbons (Fsp3) is 0.647. The Morgan fingerprint density at radius 3 is 1.79 bits per heavy atom. The van der Waals surface area contributed by atoms with Crippen molar-refractivity contribution in [2.75, 3.05) is 0 Å². The number of hydrogen-bond acceptors (Lipinski definition) is 2. The van der Waals surface area contributed by atoms with E-state index in [4.69, 9.17) is 0 Å². The van der Waals surface area contributed by atoms with Crippen LogP contribution in [0.3, 0.4) is 0 Å². The van der Waals surface area contributed by atoms with Crippen LogP contribution in [0.4, 0.5) is 0 Å². The highest BCUT2D eigenvalue weighted by Crippen LogP contribution is 2.61. The number of phenolic OH excluding ortho intramolecular Hbond substituents is 2. The third kappa shape index (κ3) is 2.01. The highest BCUT2D eigenvalue weighted by Gasteiger charge is 2.50. The van der Waals surface area contributed by atoms with Crippen LogP contribution in [0.25, 0.3) is 0 Å². The van der Waals surface area contributed by atoms with Gasteiger partial charge in [-0.2, -0.15) is 0 Å². The van der Waals surface area contributed by atoms with Crippen LogP contribution in [0, 0.1) is 23.2 Å². The van der Waals surface area contributed by atoms with Crippen LogP contribution in [0.2, 0.25) is 0 Å². The zero-order valence-electron chi connectivity index (χ0n) is 11.3. The van der Waals surface area contributed by atoms with Gasteiger partial charge in [-0.15, -0.1) is 0 Å². The molecule has 0 heterocycles. The predicted molar refractivity (Wildman–Crippen MR) is 74.1 cm³/mol. The van der Waals surface area contributed by atoms with Crippen molar-refractivity contribution in [2.45, 2.75) is 44.9 Å². The normalized spacial score (nSPS) is 39.7. The van der Waals surface area contributed by atoms with Gasteiger partial charge in [-0.25, -0.2) is 0 Å². The van der Waals surface area contributed by atoms with Crippen molar-refractivity contribution in [3.63, 3.8) is 0 Å². The Hall–Kier alpha value is -1.18. The van der Waals surface area contributed by atoms with E-state index in [-0.39, 0.29) is 11.5 Å². The van der Waals surface area contributed by atoms with Gasteiger partial charge in [-0.1, -0.05) is 0 Å². The minimum atomic E-state index is 0.194. The first-order valence-electron chi connectivity index (χ1n) is 7.62. The van der Waals surface area contributed by atoms with Crippen LogP contribution in [-0.4, -0.2) is 10.2 Å². The minimum Gasteiger partial charge on any atom is -0.508 e. The smallest absolute Gasteiger partial charge is 0.119 e. The standard InChI is InChI=1S/C17H22O2/c18-15-4-14(5-16(19)6-15)10-17-7-11-1-12(8-17)3-13(2-11)9-17/h4-6,11-13,18-19H,1-3,7-10H2.